The Morgan fingerprint density at radius 3 is 2.67 bits per heavy atom. The summed E-state index contributed by atoms with van der Waals surface area (Å²) in [7, 11) is -3.21. The van der Waals surface area contributed by atoms with E-state index in [4.69, 9.17) is 0 Å². The molecule has 0 aliphatic rings. The van der Waals surface area contributed by atoms with Gasteiger partial charge in [-0.2, -0.15) is 11.3 Å². The molecule has 0 bridgehead atoms. The Hall–Kier alpha value is -0.150. The molecule has 0 aromatic carbocycles. The van der Waals surface area contributed by atoms with E-state index in [2.05, 4.69) is 5.09 Å². The molecule has 0 spiro atoms. The predicted octanol–water partition coefficient (Wildman–Crippen LogP) is 3.21. The topological polar surface area (TPSA) is 49.3 Å². The molecule has 3 nitrogen and oxygen atoms in total. The number of nitrogens with one attached hydrogen (secondary N) is 1. The zero-order valence-corrected chi connectivity index (χ0v) is 10.9. The van der Waals surface area contributed by atoms with Gasteiger partial charge < -0.3 is 4.89 Å². The van der Waals surface area contributed by atoms with Crippen LogP contribution in [0.4, 0.5) is 0 Å². The van der Waals surface area contributed by atoms with Gasteiger partial charge in [-0.05, 0) is 35.2 Å². The van der Waals surface area contributed by atoms with Crippen molar-refractivity contribution >= 4 is 18.9 Å². The van der Waals surface area contributed by atoms with E-state index in [1.807, 2.05) is 30.7 Å². The lowest BCUT2D eigenvalue weighted by Crippen LogP contribution is -2.25. The Bertz CT molecular complexity index is 322. The fourth-order valence-electron chi connectivity index (χ4n) is 1.43. The van der Waals surface area contributed by atoms with Crippen LogP contribution in [-0.4, -0.2) is 10.9 Å². The van der Waals surface area contributed by atoms with E-state index in [1.54, 1.807) is 11.3 Å². The maximum Gasteiger partial charge on any atom is 0.271 e. The lowest BCUT2D eigenvalue weighted by Gasteiger charge is -2.19. The molecule has 1 atom stereocenters. The van der Waals surface area contributed by atoms with E-state index in [9.17, 15) is 9.46 Å². The molecule has 0 saturated carbocycles. The van der Waals surface area contributed by atoms with E-state index < -0.39 is 7.52 Å². The summed E-state index contributed by atoms with van der Waals surface area (Å²) in [4.78, 5) is 9.77. The van der Waals surface area contributed by atoms with E-state index in [0.717, 1.165) is 18.4 Å². The summed E-state index contributed by atoms with van der Waals surface area (Å²) in [6.07, 6.45) is 1.99. The summed E-state index contributed by atoms with van der Waals surface area (Å²) in [6.45, 7) is 4.04. The van der Waals surface area contributed by atoms with Crippen molar-refractivity contribution in [1.29, 1.82) is 0 Å². The van der Waals surface area contributed by atoms with Crippen molar-refractivity contribution in [3.8, 4) is 0 Å². The molecular weight excluding hydrogens is 229 g/mol. The summed E-state index contributed by atoms with van der Waals surface area (Å²) in [5, 5.41) is 6.68. The molecule has 0 aliphatic carbocycles. The molecule has 5 heteroatoms. The van der Waals surface area contributed by atoms with Crippen molar-refractivity contribution in [1.82, 2.24) is 5.09 Å². The van der Waals surface area contributed by atoms with Gasteiger partial charge in [-0.15, -0.1) is 0 Å². The highest BCUT2D eigenvalue weighted by atomic mass is 32.1. The second-order valence-corrected chi connectivity index (χ2v) is 6.39. The third-order valence-corrected chi connectivity index (χ3v) is 4.64. The van der Waals surface area contributed by atoms with Crippen LogP contribution in [0, 0.1) is 0 Å². The number of thiophene rings is 1. The third-order valence-electron chi connectivity index (χ3n) is 2.35. The summed E-state index contributed by atoms with van der Waals surface area (Å²) >= 11 is 1.55. The van der Waals surface area contributed by atoms with Crippen LogP contribution in [0.15, 0.2) is 16.8 Å². The Kier molecular flexibility index (Phi) is 5.00. The molecule has 0 fully saturated rings. The van der Waals surface area contributed by atoms with Gasteiger partial charge in [0.15, 0.2) is 0 Å². The van der Waals surface area contributed by atoms with Gasteiger partial charge in [0, 0.05) is 6.04 Å². The van der Waals surface area contributed by atoms with Crippen LogP contribution in [-0.2, 0) is 10.7 Å². The van der Waals surface area contributed by atoms with Crippen LogP contribution in [0.25, 0.3) is 0 Å². The highest BCUT2D eigenvalue weighted by Gasteiger charge is 2.21. The van der Waals surface area contributed by atoms with Gasteiger partial charge in [-0.25, -0.2) is 5.09 Å². The highest BCUT2D eigenvalue weighted by Crippen LogP contribution is 2.41. The molecule has 86 valence electrons. The van der Waals surface area contributed by atoms with Crippen LogP contribution in [0.5, 0.6) is 0 Å². The second kappa shape index (κ2) is 5.80. The minimum atomic E-state index is -3.21. The first kappa shape index (κ1) is 12.9. The molecule has 0 saturated heterocycles. The summed E-state index contributed by atoms with van der Waals surface area (Å²) in [5.74, 6) is 0. The lowest BCUT2D eigenvalue weighted by molar-refractivity contribution is 0.438. The molecule has 1 aromatic rings. The van der Waals surface area contributed by atoms with E-state index in [1.165, 1.54) is 0 Å². The van der Waals surface area contributed by atoms with Gasteiger partial charge in [0.25, 0.3) is 7.52 Å². The minimum absolute atomic E-state index is 0.138. The summed E-state index contributed by atoms with van der Waals surface area (Å²) < 4.78 is 11.9. The van der Waals surface area contributed by atoms with E-state index in [0.29, 0.717) is 0 Å². The lowest BCUT2D eigenvalue weighted by atomic mass is 10.2. The SMILES string of the molecule is CCC(CC)NP(=O)(O)Cc1ccsc1. The smallest absolute Gasteiger partial charge is 0.271 e. The van der Waals surface area contributed by atoms with E-state index >= 15 is 0 Å². The van der Waals surface area contributed by atoms with Crippen molar-refractivity contribution in [2.24, 2.45) is 0 Å². The zero-order chi connectivity index (χ0) is 11.3. The molecule has 15 heavy (non-hydrogen) atoms. The largest absolute Gasteiger partial charge is 0.333 e. The van der Waals surface area contributed by atoms with Crippen molar-refractivity contribution in [3.05, 3.63) is 22.4 Å². The van der Waals surface area contributed by atoms with Gasteiger partial charge in [0.1, 0.15) is 0 Å². The highest BCUT2D eigenvalue weighted by molar-refractivity contribution is 7.55. The molecule has 0 radical (unpaired) electrons. The number of hydrogen-bond donors (Lipinski definition) is 2. The monoisotopic (exact) mass is 247 g/mol. The minimum Gasteiger partial charge on any atom is -0.333 e. The number of hydrogen-bond acceptors (Lipinski definition) is 2. The van der Waals surface area contributed by atoms with Crippen LogP contribution in [0.1, 0.15) is 32.3 Å². The molecule has 0 aliphatic heterocycles. The first-order valence-corrected chi connectivity index (χ1v) is 7.97. The van der Waals surface area contributed by atoms with Crippen LogP contribution >= 0.6 is 18.9 Å². The Morgan fingerprint density at radius 1 is 1.53 bits per heavy atom. The molecule has 1 rings (SSSR count). The predicted molar refractivity (Wildman–Crippen MR) is 65.4 cm³/mol. The fraction of sp³-hybridized carbons (Fsp3) is 0.600. The zero-order valence-electron chi connectivity index (χ0n) is 9.14. The Balaban J connectivity index is 2.55. The molecule has 2 N–H and O–H groups in total. The van der Waals surface area contributed by atoms with Crippen molar-refractivity contribution in [3.63, 3.8) is 0 Å². The average molecular weight is 247 g/mol. The molecule has 1 unspecified atom stereocenters. The van der Waals surface area contributed by atoms with E-state index in [-0.39, 0.29) is 12.2 Å². The Labute approximate surface area is 95.0 Å². The fourth-order valence-corrected chi connectivity index (χ4v) is 3.94. The number of rotatable bonds is 6. The standard InChI is InChI=1S/C10H18NO2PS/c1-3-10(4-2)11-14(12,13)7-9-5-6-15-8-9/h5-6,8,10H,3-4,7H2,1-2H3,(H2,11,12,13). The van der Waals surface area contributed by atoms with Crippen molar-refractivity contribution in [2.75, 3.05) is 0 Å². The van der Waals surface area contributed by atoms with Gasteiger partial charge >= 0.3 is 0 Å². The quantitative estimate of drug-likeness (QED) is 0.759. The normalized spacial score (nSPS) is 15.5. The molecular formula is C10H18NO2PS. The summed E-state index contributed by atoms with van der Waals surface area (Å²) in [5.41, 5.74) is 0.935. The average Bonchev–Trinajstić information content (AvgIpc) is 2.66. The van der Waals surface area contributed by atoms with Gasteiger partial charge in [-0.1, -0.05) is 13.8 Å². The maximum atomic E-state index is 11.9. The van der Waals surface area contributed by atoms with Crippen LogP contribution in [0.2, 0.25) is 0 Å². The molecule has 1 aromatic heterocycles. The van der Waals surface area contributed by atoms with Crippen molar-refractivity contribution < 1.29 is 9.46 Å². The van der Waals surface area contributed by atoms with Gasteiger partial charge in [0.2, 0.25) is 0 Å². The van der Waals surface area contributed by atoms with Gasteiger partial charge in [-0.3, -0.25) is 4.57 Å². The maximum absolute atomic E-state index is 11.9. The second-order valence-electron chi connectivity index (χ2n) is 3.63. The summed E-state index contributed by atoms with van der Waals surface area (Å²) in [6, 6.07) is 2.03. The first-order valence-electron chi connectivity index (χ1n) is 5.18. The van der Waals surface area contributed by atoms with Gasteiger partial charge in [0.05, 0.1) is 6.16 Å². The van der Waals surface area contributed by atoms with Crippen LogP contribution < -0.4 is 5.09 Å². The van der Waals surface area contributed by atoms with Crippen LogP contribution in [0.3, 0.4) is 0 Å². The molecule has 1 heterocycles. The Morgan fingerprint density at radius 2 is 2.20 bits per heavy atom. The molecule has 0 amide bonds. The first-order chi connectivity index (χ1) is 7.07. The van der Waals surface area contributed by atoms with Crippen molar-refractivity contribution in [2.45, 2.75) is 38.9 Å². The third kappa shape index (κ3) is 4.47.